The summed E-state index contributed by atoms with van der Waals surface area (Å²) in [6, 6.07) is 4.38. The number of carbonyl (C=O) groups excluding carboxylic acids is 2. The molecule has 3 N–H and O–H groups in total. The molecule has 2 saturated heterocycles. The third-order valence-corrected chi connectivity index (χ3v) is 5.12. The Kier molecular flexibility index (Phi) is 4.57. The predicted octanol–water partition coefficient (Wildman–Crippen LogP) is -0.0571. The topological polar surface area (TPSA) is 120 Å². The number of nitrogens with zero attached hydrogens (tertiary/aromatic N) is 2. The van der Waals surface area contributed by atoms with Gasteiger partial charge < -0.3 is 10.2 Å². The van der Waals surface area contributed by atoms with E-state index >= 15 is 0 Å². The summed E-state index contributed by atoms with van der Waals surface area (Å²) in [7, 11) is 0. The van der Waals surface area contributed by atoms with E-state index in [1.165, 1.54) is 0 Å². The van der Waals surface area contributed by atoms with Gasteiger partial charge in [0, 0.05) is 12.7 Å². The number of hydrogen-bond acceptors (Lipinski definition) is 6. The molecule has 0 aliphatic carbocycles. The molecule has 25 heavy (non-hydrogen) atoms. The molecule has 0 saturated carbocycles. The Morgan fingerprint density at radius 2 is 2.12 bits per heavy atom. The number of pyridine rings is 1. The fourth-order valence-electron chi connectivity index (χ4n) is 3.82. The molecule has 0 spiro atoms. The lowest BCUT2D eigenvalue weighted by Gasteiger charge is -2.29. The Morgan fingerprint density at radius 3 is 2.68 bits per heavy atom. The summed E-state index contributed by atoms with van der Waals surface area (Å²) >= 11 is 0. The molecule has 3 rings (SSSR count). The minimum Gasteiger partial charge on any atom is -0.480 e. The highest BCUT2D eigenvalue weighted by Gasteiger charge is 2.68. The number of hydrogen-bond donors (Lipinski definition) is 3. The highest BCUT2D eigenvalue weighted by Crippen LogP contribution is 2.48. The molecule has 2 aliphatic heterocycles. The molecule has 3 heterocycles. The van der Waals surface area contributed by atoms with Crippen LogP contribution in [0.3, 0.4) is 0 Å². The van der Waals surface area contributed by atoms with E-state index in [0.717, 1.165) is 11.3 Å². The largest absolute Gasteiger partial charge is 0.480 e. The van der Waals surface area contributed by atoms with Gasteiger partial charge in [0.2, 0.25) is 11.8 Å². The number of carboxylic acid groups (broad SMARTS) is 1. The lowest BCUT2D eigenvalue weighted by Crippen LogP contribution is -2.58. The van der Waals surface area contributed by atoms with Crippen molar-refractivity contribution in [2.45, 2.75) is 31.3 Å². The first-order valence-corrected chi connectivity index (χ1v) is 8.36. The number of imide groups is 1. The number of carboxylic acids is 1. The molecule has 1 aromatic heterocycles. The maximum absolute atomic E-state index is 12.9. The van der Waals surface area contributed by atoms with Gasteiger partial charge in [0.1, 0.15) is 0 Å². The lowest BCUT2D eigenvalue weighted by atomic mass is 9.80. The normalized spacial score (nSPS) is 31.4. The maximum Gasteiger partial charge on any atom is 0.327 e. The van der Waals surface area contributed by atoms with Gasteiger partial charge in [-0.2, -0.15) is 0 Å². The third kappa shape index (κ3) is 2.52. The lowest BCUT2D eigenvalue weighted by molar-refractivity contribution is -0.153. The highest BCUT2D eigenvalue weighted by molar-refractivity contribution is 6.09. The number of amides is 2. The Bertz CT molecular complexity index is 695. The van der Waals surface area contributed by atoms with Gasteiger partial charge in [0.25, 0.3) is 0 Å². The quantitative estimate of drug-likeness (QED) is 0.617. The first-order valence-electron chi connectivity index (χ1n) is 8.36. The summed E-state index contributed by atoms with van der Waals surface area (Å²) < 4.78 is 0. The average molecular weight is 347 g/mol. The van der Waals surface area contributed by atoms with Crippen LogP contribution in [0.4, 0.5) is 0 Å². The van der Waals surface area contributed by atoms with E-state index in [9.17, 15) is 24.6 Å². The van der Waals surface area contributed by atoms with Crippen LogP contribution in [0.2, 0.25) is 0 Å². The van der Waals surface area contributed by atoms with Gasteiger partial charge in [-0.15, -0.1) is 0 Å². The van der Waals surface area contributed by atoms with E-state index in [2.05, 4.69) is 10.3 Å². The van der Waals surface area contributed by atoms with Crippen LogP contribution in [-0.4, -0.2) is 56.6 Å². The summed E-state index contributed by atoms with van der Waals surface area (Å²) in [5, 5.41) is 22.4. The first kappa shape index (κ1) is 17.5. The minimum absolute atomic E-state index is 0.261. The van der Waals surface area contributed by atoms with Crippen molar-refractivity contribution < 1.29 is 24.6 Å². The van der Waals surface area contributed by atoms with E-state index < -0.39 is 47.8 Å². The van der Waals surface area contributed by atoms with E-state index in [0.29, 0.717) is 12.1 Å². The Balaban J connectivity index is 2.06. The van der Waals surface area contributed by atoms with Crippen molar-refractivity contribution >= 4 is 17.8 Å². The molecule has 2 amide bonds. The van der Waals surface area contributed by atoms with E-state index in [1.54, 1.807) is 24.4 Å². The zero-order chi connectivity index (χ0) is 18.2. The second kappa shape index (κ2) is 6.53. The summed E-state index contributed by atoms with van der Waals surface area (Å²) in [6.45, 7) is 1.42. The molecule has 2 aliphatic rings. The molecule has 4 unspecified atom stereocenters. The highest BCUT2D eigenvalue weighted by atomic mass is 16.4. The summed E-state index contributed by atoms with van der Waals surface area (Å²) in [5.41, 5.74) is -1.41. The molecular weight excluding hydrogens is 326 g/mol. The van der Waals surface area contributed by atoms with Crippen LogP contribution in [0, 0.1) is 11.8 Å². The second-order valence-electron chi connectivity index (χ2n) is 6.50. The fourth-order valence-corrected chi connectivity index (χ4v) is 3.82. The smallest absolute Gasteiger partial charge is 0.327 e. The number of likely N-dealkylation sites (tertiary alicyclic amines) is 1. The summed E-state index contributed by atoms with van der Waals surface area (Å²) in [6.07, 6.45) is 3.00. The molecule has 8 nitrogen and oxygen atoms in total. The molecule has 0 aromatic carbocycles. The monoisotopic (exact) mass is 347 g/mol. The Morgan fingerprint density at radius 1 is 1.36 bits per heavy atom. The zero-order valence-corrected chi connectivity index (χ0v) is 13.9. The molecule has 4 atom stereocenters. The van der Waals surface area contributed by atoms with Gasteiger partial charge >= 0.3 is 5.97 Å². The van der Waals surface area contributed by atoms with Crippen molar-refractivity contribution in [3.63, 3.8) is 0 Å². The number of aliphatic hydroxyl groups is 1. The predicted molar refractivity (Wildman–Crippen MR) is 86.2 cm³/mol. The van der Waals surface area contributed by atoms with E-state index in [4.69, 9.17) is 0 Å². The molecule has 2 fully saturated rings. The number of rotatable bonds is 6. The first-order chi connectivity index (χ1) is 12.0. The number of aromatic nitrogens is 1. The SMILES string of the molecule is CCCCN1C(=O)C2C(c3ccccn3)NC(CO)(C(=O)O)C2C1=O. The van der Waals surface area contributed by atoms with Crippen LogP contribution < -0.4 is 5.32 Å². The molecular formula is C17H21N3O5. The van der Waals surface area contributed by atoms with Crippen molar-refractivity contribution in [2.24, 2.45) is 11.8 Å². The van der Waals surface area contributed by atoms with Gasteiger partial charge in [-0.25, -0.2) is 0 Å². The molecule has 134 valence electrons. The van der Waals surface area contributed by atoms with Crippen molar-refractivity contribution in [3.05, 3.63) is 30.1 Å². The van der Waals surface area contributed by atoms with Crippen LogP contribution in [-0.2, 0) is 14.4 Å². The molecule has 0 bridgehead atoms. The third-order valence-electron chi connectivity index (χ3n) is 5.12. The Labute approximate surface area is 144 Å². The molecule has 1 aromatic rings. The number of aliphatic carboxylic acids is 1. The molecule has 8 heteroatoms. The zero-order valence-electron chi connectivity index (χ0n) is 13.9. The Hall–Kier alpha value is -2.32. The average Bonchev–Trinajstić information content (AvgIpc) is 3.10. The van der Waals surface area contributed by atoms with Gasteiger partial charge in [-0.1, -0.05) is 19.4 Å². The number of carbonyl (C=O) groups is 3. The van der Waals surface area contributed by atoms with Crippen LogP contribution in [0.25, 0.3) is 0 Å². The number of aliphatic hydroxyl groups excluding tert-OH is 1. The van der Waals surface area contributed by atoms with Gasteiger partial charge in [-0.3, -0.25) is 29.6 Å². The van der Waals surface area contributed by atoms with Gasteiger partial charge in [0.15, 0.2) is 5.54 Å². The standard InChI is InChI=1S/C17H21N3O5/c1-2-3-8-20-14(22)11-12(15(20)23)17(9-21,16(24)25)19-13(11)10-6-4-5-7-18-10/h4-7,11-13,19,21H,2-3,8-9H2,1H3,(H,24,25). The van der Waals surface area contributed by atoms with Crippen LogP contribution in [0.1, 0.15) is 31.5 Å². The maximum atomic E-state index is 12.9. The second-order valence-corrected chi connectivity index (χ2v) is 6.50. The van der Waals surface area contributed by atoms with Gasteiger partial charge in [0.05, 0.1) is 30.2 Å². The number of nitrogens with one attached hydrogen (secondary N) is 1. The van der Waals surface area contributed by atoms with Crippen LogP contribution in [0.15, 0.2) is 24.4 Å². The summed E-state index contributed by atoms with van der Waals surface area (Å²) in [4.78, 5) is 43.0. The van der Waals surface area contributed by atoms with Crippen LogP contribution >= 0.6 is 0 Å². The van der Waals surface area contributed by atoms with Crippen molar-refractivity contribution in [1.29, 1.82) is 0 Å². The van der Waals surface area contributed by atoms with Crippen molar-refractivity contribution in [2.75, 3.05) is 13.2 Å². The summed E-state index contributed by atoms with van der Waals surface area (Å²) in [5.74, 6) is -4.31. The van der Waals surface area contributed by atoms with E-state index in [1.807, 2.05) is 6.92 Å². The number of unbranched alkanes of at least 4 members (excludes halogenated alkanes) is 1. The van der Waals surface area contributed by atoms with Crippen LogP contribution in [0.5, 0.6) is 0 Å². The molecule has 0 radical (unpaired) electrons. The fraction of sp³-hybridized carbons (Fsp3) is 0.529. The van der Waals surface area contributed by atoms with E-state index in [-0.39, 0.29) is 6.54 Å². The van der Waals surface area contributed by atoms with Crippen molar-refractivity contribution in [3.8, 4) is 0 Å². The van der Waals surface area contributed by atoms with Gasteiger partial charge in [-0.05, 0) is 18.6 Å². The number of fused-ring (bicyclic) bond motifs is 1. The minimum atomic E-state index is -1.89. The van der Waals surface area contributed by atoms with Crippen molar-refractivity contribution in [1.82, 2.24) is 15.2 Å².